The van der Waals surface area contributed by atoms with Crippen LogP contribution < -0.4 is 9.62 Å². The van der Waals surface area contributed by atoms with Gasteiger partial charge < -0.3 is 4.90 Å². The first kappa shape index (κ1) is 19.6. The molecule has 0 aliphatic heterocycles. The SMILES string of the molecule is Cc1cc(Br)ccc1N(C)C(=O)c1ccc(S(=O)(=O)NC(C)C)cc1. The van der Waals surface area contributed by atoms with Gasteiger partial charge in [-0.15, -0.1) is 0 Å². The maximum atomic E-state index is 12.7. The zero-order chi connectivity index (χ0) is 18.8. The van der Waals surface area contributed by atoms with Gasteiger partial charge in [0.1, 0.15) is 0 Å². The summed E-state index contributed by atoms with van der Waals surface area (Å²) >= 11 is 3.40. The zero-order valence-electron chi connectivity index (χ0n) is 14.6. The van der Waals surface area contributed by atoms with Gasteiger partial charge in [0, 0.05) is 28.8 Å². The standard InChI is InChI=1S/C18H21BrN2O3S/c1-12(2)20-25(23,24)16-8-5-14(6-9-16)18(22)21(4)17-10-7-15(19)11-13(17)3/h5-12,20H,1-4H3. The average molecular weight is 425 g/mol. The lowest BCUT2D eigenvalue weighted by Gasteiger charge is -2.20. The fourth-order valence-electron chi connectivity index (χ4n) is 2.45. The Balaban J connectivity index is 2.25. The van der Waals surface area contributed by atoms with Crippen molar-refractivity contribution in [3.63, 3.8) is 0 Å². The highest BCUT2D eigenvalue weighted by Gasteiger charge is 2.18. The Morgan fingerprint density at radius 2 is 1.72 bits per heavy atom. The van der Waals surface area contributed by atoms with Crippen LogP contribution in [0.5, 0.6) is 0 Å². The summed E-state index contributed by atoms with van der Waals surface area (Å²) < 4.78 is 27.8. The minimum absolute atomic E-state index is 0.139. The summed E-state index contributed by atoms with van der Waals surface area (Å²) in [5.74, 6) is -0.203. The Labute approximate surface area is 157 Å². The van der Waals surface area contributed by atoms with E-state index < -0.39 is 10.0 Å². The van der Waals surface area contributed by atoms with Crippen LogP contribution >= 0.6 is 15.9 Å². The predicted octanol–water partition coefficient (Wildman–Crippen LogP) is 3.72. The first-order valence-electron chi connectivity index (χ1n) is 7.78. The van der Waals surface area contributed by atoms with Crippen LogP contribution in [0, 0.1) is 6.92 Å². The fraction of sp³-hybridized carbons (Fsp3) is 0.278. The van der Waals surface area contributed by atoms with E-state index >= 15 is 0 Å². The van der Waals surface area contributed by atoms with Gasteiger partial charge in [-0.1, -0.05) is 15.9 Å². The van der Waals surface area contributed by atoms with E-state index in [2.05, 4.69) is 20.7 Å². The minimum atomic E-state index is -3.57. The number of aryl methyl sites for hydroxylation is 1. The minimum Gasteiger partial charge on any atom is -0.311 e. The summed E-state index contributed by atoms with van der Waals surface area (Å²) in [5, 5.41) is 0. The smallest absolute Gasteiger partial charge is 0.258 e. The van der Waals surface area contributed by atoms with Crippen molar-refractivity contribution < 1.29 is 13.2 Å². The molecule has 5 nitrogen and oxygen atoms in total. The third-order valence-corrected chi connectivity index (χ3v) is 5.79. The van der Waals surface area contributed by atoms with E-state index in [1.807, 2.05) is 25.1 Å². The summed E-state index contributed by atoms with van der Waals surface area (Å²) in [6.07, 6.45) is 0. The lowest BCUT2D eigenvalue weighted by molar-refractivity contribution is 0.0992. The molecule has 0 spiro atoms. The number of rotatable bonds is 5. The van der Waals surface area contributed by atoms with E-state index in [-0.39, 0.29) is 16.8 Å². The van der Waals surface area contributed by atoms with E-state index in [1.54, 1.807) is 25.8 Å². The first-order valence-corrected chi connectivity index (χ1v) is 10.1. The molecule has 0 heterocycles. The van der Waals surface area contributed by atoms with Crippen molar-refractivity contribution in [3.05, 3.63) is 58.1 Å². The second-order valence-electron chi connectivity index (χ2n) is 6.10. The average Bonchev–Trinajstić information content (AvgIpc) is 2.52. The van der Waals surface area contributed by atoms with Gasteiger partial charge in [-0.25, -0.2) is 13.1 Å². The van der Waals surface area contributed by atoms with E-state index in [0.717, 1.165) is 15.7 Å². The molecule has 7 heteroatoms. The molecule has 0 atom stereocenters. The molecule has 2 aromatic carbocycles. The molecule has 0 unspecified atom stereocenters. The Hall–Kier alpha value is -1.70. The molecule has 0 saturated carbocycles. The quantitative estimate of drug-likeness (QED) is 0.794. The number of carbonyl (C=O) groups excluding carboxylic acids is 1. The number of carbonyl (C=O) groups is 1. The normalized spacial score (nSPS) is 11.6. The topological polar surface area (TPSA) is 66.5 Å². The van der Waals surface area contributed by atoms with Crippen molar-refractivity contribution in [2.24, 2.45) is 0 Å². The van der Waals surface area contributed by atoms with Gasteiger partial charge in [0.25, 0.3) is 5.91 Å². The summed E-state index contributed by atoms with van der Waals surface area (Å²) in [6, 6.07) is 11.4. The van der Waals surface area contributed by atoms with Gasteiger partial charge in [-0.3, -0.25) is 4.79 Å². The van der Waals surface area contributed by atoms with E-state index in [1.165, 1.54) is 24.3 Å². The van der Waals surface area contributed by atoms with E-state index in [9.17, 15) is 13.2 Å². The monoisotopic (exact) mass is 424 g/mol. The third kappa shape index (κ3) is 4.68. The van der Waals surface area contributed by atoms with Crippen LogP contribution in [0.15, 0.2) is 51.8 Å². The molecule has 1 N–H and O–H groups in total. The fourth-order valence-corrected chi connectivity index (χ4v) is 4.18. The Morgan fingerprint density at radius 1 is 1.12 bits per heavy atom. The molecular formula is C18H21BrN2O3S. The van der Waals surface area contributed by atoms with Crippen LogP contribution in [0.25, 0.3) is 0 Å². The van der Waals surface area contributed by atoms with Crippen LogP contribution in [0.1, 0.15) is 29.8 Å². The lowest BCUT2D eigenvalue weighted by atomic mass is 10.1. The number of anilines is 1. The number of hydrogen-bond donors (Lipinski definition) is 1. The molecule has 0 fully saturated rings. The van der Waals surface area contributed by atoms with Crippen molar-refractivity contribution in [2.75, 3.05) is 11.9 Å². The van der Waals surface area contributed by atoms with Crippen molar-refractivity contribution in [3.8, 4) is 0 Å². The van der Waals surface area contributed by atoms with Gasteiger partial charge in [0.15, 0.2) is 0 Å². The zero-order valence-corrected chi connectivity index (χ0v) is 17.0. The molecule has 0 saturated heterocycles. The largest absolute Gasteiger partial charge is 0.311 e. The number of nitrogens with zero attached hydrogens (tertiary/aromatic N) is 1. The van der Waals surface area contributed by atoms with Crippen LogP contribution in [0.2, 0.25) is 0 Å². The van der Waals surface area contributed by atoms with E-state index in [0.29, 0.717) is 5.56 Å². The Bertz CT molecular complexity index is 878. The number of amides is 1. The molecule has 2 aromatic rings. The molecule has 1 amide bonds. The van der Waals surface area contributed by atoms with Crippen molar-refractivity contribution in [2.45, 2.75) is 31.7 Å². The molecule has 25 heavy (non-hydrogen) atoms. The molecule has 0 bridgehead atoms. The summed E-state index contributed by atoms with van der Waals surface area (Å²) in [6.45, 7) is 5.44. The van der Waals surface area contributed by atoms with Gasteiger partial charge >= 0.3 is 0 Å². The number of halogens is 1. The number of nitrogens with one attached hydrogen (secondary N) is 1. The van der Waals surface area contributed by atoms with Gasteiger partial charge in [0.05, 0.1) is 4.90 Å². The summed E-state index contributed by atoms with van der Waals surface area (Å²) in [7, 11) is -1.87. The van der Waals surface area contributed by atoms with Crippen LogP contribution in [0.4, 0.5) is 5.69 Å². The number of benzene rings is 2. The van der Waals surface area contributed by atoms with Gasteiger partial charge in [0.2, 0.25) is 10.0 Å². The van der Waals surface area contributed by atoms with Gasteiger partial charge in [-0.05, 0) is 68.8 Å². The second-order valence-corrected chi connectivity index (χ2v) is 8.72. The third-order valence-electron chi connectivity index (χ3n) is 3.63. The molecule has 0 aliphatic carbocycles. The Kier molecular flexibility index (Phi) is 6.03. The molecule has 0 radical (unpaired) electrons. The molecule has 2 rings (SSSR count). The van der Waals surface area contributed by atoms with Crippen LogP contribution in [-0.4, -0.2) is 27.4 Å². The maximum Gasteiger partial charge on any atom is 0.258 e. The summed E-state index contributed by atoms with van der Waals surface area (Å²) in [4.78, 5) is 14.4. The van der Waals surface area contributed by atoms with Crippen molar-refractivity contribution in [1.29, 1.82) is 0 Å². The predicted molar refractivity (Wildman–Crippen MR) is 104 cm³/mol. The second kappa shape index (κ2) is 7.68. The lowest BCUT2D eigenvalue weighted by Crippen LogP contribution is -2.30. The molecular weight excluding hydrogens is 404 g/mol. The highest BCUT2D eigenvalue weighted by atomic mass is 79.9. The van der Waals surface area contributed by atoms with Crippen molar-refractivity contribution >= 4 is 37.5 Å². The summed E-state index contributed by atoms with van der Waals surface area (Å²) in [5.41, 5.74) is 2.19. The van der Waals surface area contributed by atoms with Crippen molar-refractivity contribution in [1.82, 2.24) is 4.72 Å². The number of hydrogen-bond acceptors (Lipinski definition) is 3. The van der Waals surface area contributed by atoms with Crippen LogP contribution in [-0.2, 0) is 10.0 Å². The number of sulfonamides is 1. The molecule has 0 aliphatic rings. The molecule has 0 aromatic heterocycles. The molecule has 134 valence electrons. The highest BCUT2D eigenvalue weighted by Crippen LogP contribution is 2.24. The highest BCUT2D eigenvalue weighted by molar-refractivity contribution is 9.10. The maximum absolute atomic E-state index is 12.7. The first-order chi connectivity index (χ1) is 11.6. The van der Waals surface area contributed by atoms with Gasteiger partial charge in [-0.2, -0.15) is 0 Å². The Morgan fingerprint density at radius 3 is 2.24 bits per heavy atom. The van der Waals surface area contributed by atoms with Crippen LogP contribution in [0.3, 0.4) is 0 Å². The van der Waals surface area contributed by atoms with E-state index in [4.69, 9.17) is 0 Å².